The number of amides is 3. The number of nitrogens with zero attached hydrogens (tertiary/aromatic N) is 3. The van der Waals surface area contributed by atoms with Crippen molar-refractivity contribution in [2.24, 2.45) is 0 Å². The molecule has 1 aromatic rings. The molecule has 3 atom stereocenters. The number of fused-ring (bicyclic) bond motifs is 2. The lowest BCUT2D eigenvalue weighted by Gasteiger charge is -2.41. The second kappa shape index (κ2) is 7.69. The molecule has 160 valence electrons. The Morgan fingerprint density at radius 3 is 2.13 bits per heavy atom. The second-order valence-corrected chi connectivity index (χ2v) is 9.02. The van der Waals surface area contributed by atoms with Crippen LogP contribution < -0.4 is 4.90 Å². The van der Waals surface area contributed by atoms with E-state index < -0.39 is 0 Å². The third-order valence-electron chi connectivity index (χ3n) is 7.36. The van der Waals surface area contributed by atoms with Crippen molar-refractivity contribution in [1.82, 2.24) is 9.80 Å². The smallest absolute Gasteiger partial charge is 0.254 e. The number of anilines is 1. The number of hydrogen-bond donors (Lipinski definition) is 0. The summed E-state index contributed by atoms with van der Waals surface area (Å²) in [7, 11) is 1.75. The van der Waals surface area contributed by atoms with E-state index in [1.54, 1.807) is 7.11 Å². The fourth-order valence-electron chi connectivity index (χ4n) is 5.81. The molecule has 4 fully saturated rings. The summed E-state index contributed by atoms with van der Waals surface area (Å²) in [5, 5.41) is 0. The van der Waals surface area contributed by atoms with Gasteiger partial charge in [-0.2, -0.15) is 0 Å². The van der Waals surface area contributed by atoms with Crippen LogP contribution in [0.3, 0.4) is 0 Å². The summed E-state index contributed by atoms with van der Waals surface area (Å²) in [5.74, 6) is -0.0162. The molecule has 5 rings (SSSR count). The van der Waals surface area contributed by atoms with Gasteiger partial charge < -0.3 is 14.5 Å². The van der Waals surface area contributed by atoms with Crippen molar-refractivity contribution in [3.8, 4) is 0 Å². The first-order valence-electron chi connectivity index (χ1n) is 11.1. The van der Waals surface area contributed by atoms with Gasteiger partial charge in [0.05, 0.1) is 6.10 Å². The largest absolute Gasteiger partial charge is 0.380 e. The van der Waals surface area contributed by atoms with Crippen LogP contribution in [0.25, 0.3) is 0 Å². The minimum absolute atomic E-state index is 0.0414. The summed E-state index contributed by atoms with van der Waals surface area (Å²) < 4.78 is 5.45. The van der Waals surface area contributed by atoms with Gasteiger partial charge in [0.25, 0.3) is 5.91 Å². The summed E-state index contributed by atoms with van der Waals surface area (Å²) >= 11 is 0. The van der Waals surface area contributed by atoms with Gasteiger partial charge in [-0.1, -0.05) is 0 Å². The standard InChI is InChI=1S/C23H29N3O4/c1-30-20-10-11-24(14-20)16-4-2-15(3-5-16)23(29)25-17-6-7-18(25)13-19(12-17)26-21(27)8-9-22(26)28/h2-5,17-20H,6-14H2,1H3. The highest BCUT2D eigenvalue weighted by Gasteiger charge is 2.47. The van der Waals surface area contributed by atoms with E-state index in [0.29, 0.717) is 31.2 Å². The van der Waals surface area contributed by atoms with Crippen LogP contribution in [-0.4, -0.2) is 72.0 Å². The maximum atomic E-state index is 13.3. The van der Waals surface area contributed by atoms with Gasteiger partial charge in [-0.05, 0) is 56.4 Å². The SMILES string of the molecule is COC1CCN(c2ccc(C(=O)N3C4CCC3CC(N3C(=O)CCC3=O)C4)cc2)C1. The molecule has 4 saturated heterocycles. The number of piperidine rings is 1. The van der Waals surface area contributed by atoms with E-state index in [0.717, 1.165) is 38.0 Å². The molecule has 1 aromatic carbocycles. The number of benzene rings is 1. The molecule has 30 heavy (non-hydrogen) atoms. The minimum Gasteiger partial charge on any atom is -0.380 e. The quantitative estimate of drug-likeness (QED) is 0.711. The van der Waals surface area contributed by atoms with E-state index in [2.05, 4.69) is 4.90 Å². The predicted molar refractivity (Wildman–Crippen MR) is 111 cm³/mol. The lowest BCUT2D eigenvalue weighted by atomic mass is 9.95. The average Bonchev–Trinajstić information content (AvgIpc) is 3.44. The van der Waals surface area contributed by atoms with Gasteiger partial charge in [-0.15, -0.1) is 0 Å². The summed E-state index contributed by atoms with van der Waals surface area (Å²) in [6.45, 7) is 1.85. The zero-order chi connectivity index (χ0) is 20.8. The summed E-state index contributed by atoms with van der Waals surface area (Å²) in [6, 6.07) is 8.10. The number of methoxy groups -OCH3 is 1. The van der Waals surface area contributed by atoms with Crippen LogP contribution in [0.1, 0.15) is 55.3 Å². The molecular formula is C23H29N3O4. The molecule has 3 unspecified atom stereocenters. The van der Waals surface area contributed by atoms with E-state index in [9.17, 15) is 14.4 Å². The first-order chi connectivity index (χ1) is 14.5. The molecule has 0 N–H and O–H groups in total. The molecule has 0 spiro atoms. The maximum Gasteiger partial charge on any atom is 0.254 e. The molecule has 3 amide bonds. The molecule has 7 nitrogen and oxygen atoms in total. The van der Waals surface area contributed by atoms with Crippen LogP contribution in [0.4, 0.5) is 5.69 Å². The van der Waals surface area contributed by atoms with Gasteiger partial charge in [0.15, 0.2) is 0 Å². The Morgan fingerprint density at radius 1 is 0.933 bits per heavy atom. The molecule has 0 radical (unpaired) electrons. The molecule has 0 aliphatic carbocycles. The van der Waals surface area contributed by atoms with Crippen LogP contribution in [0, 0.1) is 0 Å². The number of imide groups is 1. The first-order valence-corrected chi connectivity index (χ1v) is 11.1. The van der Waals surface area contributed by atoms with Crippen molar-refractivity contribution < 1.29 is 19.1 Å². The number of ether oxygens (including phenoxy) is 1. The zero-order valence-corrected chi connectivity index (χ0v) is 17.5. The third-order valence-corrected chi connectivity index (χ3v) is 7.36. The fraction of sp³-hybridized carbons (Fsp3) is 0.609. The van der Waals surface area contributed by atoms with E-state index in [-0.39, 0.29) is 42.0 Å². The number of carbonyl (C=O) groups excluding carboxylic acids is 3. The van der Waals surface area contributed by atoms with Crippen molar-refractivity contribution in [2.45, 2.75) is 69.2 Å². The summed E-state index contributed by atoms with van der Waals surface area (Å²) in [5.41, 5.74) is 1.84. The van der Waals surface area contributed by atoms with Gasteiger partial charge in [-0.3, -0.25) is 19.3 Å². The van der Waals surface area contributed by atoms with Gasteiger partial charge in [0.2, 0.25) is 11.8 Å². The van der Waals surface area contributed by atoms with E-state index >= 15 is 0 Å². The Labute approximate surface area is 176 Å². The Kier molecular flexibility index (Phi) is 5.01. The Hall–Kier alpha value is -2.41. The fourth-order valence-corrected chi connectivity index (χ4v) is 5.81. The highest BCUT2D eigenvalue weighted by atomic mass is 16.5. The van der Waals surface area contributed by atoms with Crippen molar-refractivity contribution in [3.63, 3.8) is 0 Å². The molecule has 2 bridgehead atoms. The maximum absolute atomic E-state index is 13.3. The van der Waals surface area contributed by atoms with Crippen molar-refractivity contribution in [3.05, 3.63) is 29.8 Å². The Bertz CT molecular complexity index is 825. The number of likely N-dealkylation sites (tertiary alicyclic amines) is 1. The predicted octanol–water partition coefficient (Wildman–Crippen LogP) is 2.20. The lowest BCUT2D eigenvalue weighted by Crippen LogP contribution is -2.53. The highest BCUT2D eigenvalue weighted by Crippen LogP contribution is 2.40. The zero-order valence-electron chi connectivity index (χ0n) is 17.5. The van der Waals surface area contributed by atoms with E-state index in [4.69, 9.17) is 4.74 Å². The third kappa shape index (κ3) is 3.29. The van der Waals surface area contributed by atoms with E-state index in [1.165, 1.54) is 4.90 Å². The Morgan fingerprint density at radius 2 is 1.57 bits per heavy atom. The van der Waals surface area contributed by atoms with Gasteiger partial charge in [0, 0.05) is 62.4 Å². The van der Waals surface area contributed by atoms with Crippen molar-refractivity contribution in [1.29, 1.82) is 0 Å². The van der Waals surface area contributed by atoms with Crippen LogP contribution in [0.5, 0.6) is 0 Å². The van der Waals surface area contributed by atoms with Gasteiger partial charge in [-0.25, -0.2) is 0 Å². The monoisotopic (exact) mass is 411 g/mol. The molecule has 4 heterocycles. The lowest BCUT2D eigenvalue weighted by molar-refractivity contribution is -0.142. The molecule has 0 aromatic heterocycles. The van der Waals surface area contributed by atoms with Crippen molar-refractivity contribution >= 4 is 23.4 Å². The Balaban J connectivity index is 1.27. The highest BCUT2D eigenvalue weighted by molar-refractivity contribution is 6.02. The summed E-state index contributed by atoms with van der Waals surface area (Å²) in [4.78, 5) is 43.4. The van der Waals surface area contributed by atoms with E-state index in [1.807, 2.05) is 29.2 Å². The molecule has 4 aliphatic rings. The minimum atomic E-state index is -0.0441. The number of carbonyl (C=O) groups is 3. The first kappa shape index (κ1) is 19.5. The van der Waals surface area contributed by atoms with Crippen LogP contribution in [0.2, 0.25) is 0 Å². The van der Waals surface area contributed by atoms with Crippen LogP contribution in [-0.2, 0) is 14.3 Å². The number of rotatable bonds is 4. The summed E-state index contributed by atoms with van der Waals surface area (Å²) in [6.07, 6.45) is 5.30. The topological polar surface area (TPSA) is 70.2 Å². The average molecular weight is 412 g/mol. The van der Waals surface area contributed by atoms with Crippen LogP contribution in [0.15, 0.2) is 24.3 Å². The normalized spacial score (nSPS) is 31.2. The second-order valence-electron chi connectivity index (χ2n) is 9.02. The van der Waals surface area contributed by atoms with Crippen molar-refractivity contribution in [2.75, 3.05) is 25.1 Å². The number of hydrogen-bond acceptors (Lipinski definition) is 5. The van der Waals surface area contributed by atoms with Gasteiger partial charge in [0.1, 0.15) is 0 Å². The van der Waals surface area contributed by atoms with Crippen LogP contribution >= 0.6 is 0 Å². The molecule has 4 aliphatic heterocycles. The van der Waals surface area contributed by atoms with Gasteiger partial charge >= 0.3 is 0 Å². The molecule has 0 saturated carbocycles. The molecular weight excluding hydrogens is 382 g/mol. The molecule has 7 heteroatoms.